The van der Waals surface area contributed by atoms with E-state index in [4.69, 9.17) is 11.6 Å². The van der Waals surface area contributed by atoms with Crippen molar-refractivity contribution in [1.82, 2.24) is 10.2 Å². The van der Waals surface area contributed by atoms with Gasteiger partial charge in [-0.1, -0.05) is 74.2 Å². The second-order valence-electron chi connectivity index (χ2n) is 9.65. The van der Waals surface area contributed by atoms with E-state index in [1.807, 2.05) is 31.2 Å². The maximum absolute atomic E-state index is 13.6. The number of halogens is 1. The average Bonchev–Trinajstić information content (AvgIpc) is 2.88. The fourth-order valence-electron chi connectivity index (χ4n) is 4.87. The quantitative estimate of drug-likeness (QED) is 0.398. The molecule has 0 spiro atoms. The second-order valence-corrected chi connectivity index (χ2v) is 12.0. The van der Waals surface area contributed by atoms with Crippen LogP contribution >= 0.6 is 11.6 Å². The van der Waals surface area contributed by atoms with Gasteiger partial charge in [-0.25, -0.2) is 8.42 Å². The summed E-state index contributed by atoms with van der Waals surface area (Å²) in [6.45, 7) is 2.28. The van der Waals surface area contributed by atoms with Crippen molar-refractivity contribution in [3.63, 3.8) is 0 Å². The lowest BCUT2D eigenvalue weighted by molar-refractivity contribution is -0.141. The zero-order valence-electron chi connectivity index (χ0n) is 21.7. The van der Waals surface area contributed by atoms with Crippen molar-refractivity contribution in [2.24, 2.45) is 0 Å². The fraction of sp³-hybridized carbons (Fsp3) is 0.500. The summed E-state index contributed by atoms with van der Waals surface area (Å²) in [6, 6.07) is 15.7. The van der Waals surface area contributed by atoms with Gasteiger partial charge < -0.3 is 10.2 Å². The van der Waals surface area contributed by atoms with Crippen LogP contribution in [0.25, 0.3) is 0 Å². The first-order valence-corrected chi connectivity index (χ1v) is 15.3. The molecule has 1 N–H and O–H groups in total. The van der Waals surface area contributed by atoms with Gasteiger partial charge in [0, 0.05) is 30.6 Å². The van der Waals surface area contributed by atoms with Crippen LogP contribution < -0.4 is 9.62 Å². The highest BCUT2D eigenvalue weighted by Crippen LogP contribution is 2.23. The predicted octanol–water partition coefficient (Wildman–Crippen LogP) is 5.14. The number of anilines is 1. The van der Waals surface area contributed by atoms with Crippen LogP contribution in [0.1, 0.15) is 63.9 Å². The molecule has 1 aliphatic rings. The number of nitrogens with one attached hydrogen (secondary N) is 1. The smallest absolute Gasteiger partial charge is 0.243 e. The number of rotatable bonds is 12. The molecule has 1 saturated carbocycles. The number of carbonyl (C=O) groups is 2. The van der Waals surface area contributed by atoms with Crippen LogP contribution in [-0.4, -0.2) is 50.0 Å². The number of benzene rings is 2. The Morgan fingerprint density at radius 2 is 1.68 bits per heavy atom. The normalized spacial score (nSPS) is 15.1. The Bertz CT molecular complexity index is 1140. The molecule has 0 unspecified atom stereocenters. The Balaban J connectivity index is 1.75. The monoisotopic (exact) mass is 547 g/mol. The van der Waals surface area contributed by atoms with E-state index < -0.39 is 16.1 Å². The van der Waals surface area contributed by atoms with E-state index in [1.165, 1.54) is 10.7 Å². The number of nitrogens with zero attached hydrogens (tertiary/aromatic N) is 2. The van der Waals surface area contributed by atoms with Gasteiger partial charge in [0.2, 0.25) is 21.8 Å². The van der Waals surface area contributed by atoms with E-state index >= 15 is 0 Å². The summed E-state index contributed by atoms with van der Waals surface area (Å²) in [5.74, 6) is -0.344. The Morgan fingerprint density at radius 3 is 2.30 bits per heavy atom. The van der Waals surface area contributed by atoms with Crippen molar-refractivity contribution >= 4 is 39.1 Å². The van der Waals surface area contributed by atoms with Gasteiger partial charge in [-0.2, -0.15) is 0 Å². The molecule has 0 heterocycles. The Labute approximate surface area is 226 Å². The molecule has 1 atom stereocenters. The predicted molar refractivity (Wildman–Crippen MR) is 149 cm³/mol. The molecule has 0 bridgehead atoms. The van der Waals surface area contributed by atoms with E-state index in [1.54, 1.807) is 35.2 Å². The molecule has 7 nitrogen and oxygen atoms in total. The van der Waals surface area contributed by atoms with E-state index in [9.17, 15) is 18.0 Å². The van der Waals surface area contributed by atoms with Gasteiger partial charge in [-0.15, -0.1) is 0 Å². The lowest BCUT2D eigenvalue weighted by atomic mass is 9.95. The first-order chi connectivity index (χ1) is 17.7. The van der Waals surface area contributed by atoms with Gasteiger partial charge in [0.05, 0.1) is 11.9 Å². The van der Waals surface area contributed by atoms with Gasteiger partial charge in [-0.05, 0) is 49.4 Å². The van der Waals surface area contributed by atoms with Crippen molar-refractivity contribution in [3.05, 3.63) is 65.2 Å². The lowest BCUT2D eigenvalue weighted by Gasteiger charge is -2.33. The number of amides is 2. The SMILES string of the molecule is CC[C@@H](C(=O)NC1CCCCC1)N(Cc1ccccc1Cl)C(=O)CCCN(c1ccccc1)S(C)(=O)=O. The van der Waals surface area contributed by atoms with Crippen LogP contribution in [0.2, 0.25) is 5.02 Å². The van der Waals surface area contributed by atoms with Crippen molar-refractivity contribution < 1.29 is 18.0 Å². The number of sulfonamides is 1. The van der Waals surface area contributed by atoms with Gasteiger partial charge >= 0.3 is 0 Å². The van der Waals surface area contributed by atoms with Crippen molar-refractivity contribution in [2.75, 3.05) is 17.1 Å². The Hall–Kier alpha value is -2.58. The third kappa shape index (κ3) is 8.47. The molecule has 0 aromatic heterocycles. The maximum Gasteiger partial charge on any atom is 0.243 e. The van der Waals surface area contributed by atoms with E-state index in [0.29, 0.717) is 23.6 Å². The minimum atomic E-state index is -3.51. The summed E-state index contributed by atoms with van der Waals surface area (Å²) >= 11 is 6.41. The van der Waals surface area contributed by atoms with Crippen LogP contribution in [-0.2, 0) is 26.2 Å². The molecular formula is C28H38ClN3O4S. The number of hydrogen-bond acceptors (Lipinski definition) is 4. The van der Waals surface area contributed by atoms with Crippen LogP contribution in [0.15, 0.2) is 54.6 Å². The van der Waals surface area contributed by atoms with E-state index in [-0.39, 0.29) is 37.4 Å². The average molecular weight is 548 g/mol. The van der Waals surface area contributed by atoms with Gasteiger partial charge in [0.15, 0.2) is 0 Å². The topological polar surface area (TPSA) is 86.8 Å². The number of para-hydroxylation sites is 1. The van der Waals surface area contributed by atoms with Crippen molar-refractivity contribution in [2.45, 2.75) is 76.9 Å². The van der Waals surface area contributed by atoms with Gasteiger partial charge in [-0.3, -0.25) is 13.9 Å². The van der Waals surface area contributed by atoms with Crippen LogP contribution in [0.3, 0.4) is 0 Å². The molecule has 2 aromatic rings. The second kappa shape index (κ2) is 13.8. The Morgan fingerprint density at radius 1 is 1.03 bits per heavy atom. The zero-order valence-corrected chi connectivity index (χ0v) is 23.3. The standard InChI is InChI=1S/C28H38ClN3O4S/c1-3-26(28(34)30-23-14-6-4-7-15-23)31(21-22-13-10-11-18-25(22)29)27(33)19-12-20-32(37(2,35)36)24-16-8-5-9-17-24/h5,8-11,13,16-18,23,26H,3-4,6-7,12,14-15,19-21H2,1-2H3,(H,30,34)/t26-/m0/s1. The molecule has 1 aliphatic carbocycles. The molecule has 202 valence electrons. The molecule has 2 amide bonds. The van der Waals surface area contributed by atoms with Crippen LogP contribution in [0.4, 0.5) is 5.69 Å². The Kier molecular flexibility index (Phi) is 10.8. The van der Waals surface area contributed by atoms with Crippen molar-refractivity contribution in [1.29, 1.82) is 0 Å². The van der Waals surface area contributed by atoms with E-state index in [2.05, 4.69) is 5.32 Å². The molecule has 0 saturated heterocycles. The molecule has 3 rings (SSSR count). The summed E-state index contributed by atoms with van der Waals surface area (Å²) in [7, 11) is -3.51. The summed E-state index contributed by atoms with van der Waals surface area (Å²) in [5.41, 5.74) is 1.33. The molecule has 1 fully saturated rings. The number of hydrogen-bond donors (Lipinski definition) is 1. The molecular weight excluding hydrogens is 510 g/mol. The molecule has 0 aliphatic heterocycles. The third-order valence-electron chi connectivity index (χ3n) is 6.83. The highest BCUT2D eigenvalue weighted by molar-refractivity contribution is 7.92. The molecule has 37 heavy (non-hydrogen) atoms. The highest BCUT2D eigenvalue weighted by atomic mass is 35.5. The van der Waals surface area contributed by atoms with Crippen molar-refractivity contribution in [3.8, 4) is 0 Å². The largest absolute Gasteiger partial charge is 0.352 e. The summed E-state index contributed by atoms with van der Waals surface area (Å²) in [4.78, 5) is 28.5. The maximum atomic E-state index is 13.6. The molecule has 0 radical (unpaired) electrons. The lowest BCUT2D eigenvalue weighted by Crippen LogP contribution is -2.51. The third-order valence-corrected chi connectivity index (χ3v) is 8.40. The van der Waals surface area contributed by atoms with Crippen LogP contribution in [0, 0.1) is 0 Å². The summed E-state index contributed by atoms with van der Waals surface area (Å²) in [6.07, 6.45) is 7.36. The minimum Gasteiger partial charge on any atom is -0.352 e. The number of carbonyl (C=O) groups excluding carboxylic acids is 2. The first-order valence-electron chi connectivity index (χ1n) is 13.1. The van der Waals surface area contributed by atoms with Crippen LogP contribution in [0.5, 0.6) is 0 Å². The summed E-state index contributed by atoms with van der Waals surface area (Å²) < 4.78 is 26.1. The molecule has 2 aromatic carbocycles. The van der Waals surface area contributed by atoms with E-state index in [0.717, 1.165) is 37.5 Å². The minimum absolute atomic E-state index is 0.108. The highest BCUT2D eigenvalue weighted by Gasteiger charge is 2.30. The zero-order chi connectivity index (χ0) is 26.8. The first kappa shape index (κ1) is 29.0. The summed E-state index contributed by atoms with van der Waals surface area (Å²) in [5, 5.41) is 3.71. The fourth-order valence-corrected chi connectivity index (χ4v) is 6.03. The van der Waals surface area contributed by atoms with Gasteiger partial charge in [0.25, 0.3) is 0 Å². The molecule has 9 heteroatoms. The van der Waals surface area contributed by atoms with Gasteiger partial charge in [0.1, 0.15) is 6.04 Å².